The number of nitrogens with one attached hydrogen (secondary N) is 1. The molecule has 5 heteroatoms. The van der Waals surface area contributed by atoms with Crippen LogP contribution in [-0.4, -0.2) is 22.0 Å². The highest BCUT2D eigenvalue weighted by Gasteiger charge is 2.39. The average Bonchev–Trinajstić information content (AvgIpc) is 2.62. The van der Waals surface area contributed by atoms with E-state index in [-0.39, 0.29) is 12.3 Å². The Morgan fingerprint density at radius 2 is 2.33 bits per heavy atom. The van der Waals surface area contributed by atoms with Gasteiger partial charge >= 0.3 is 5.97 Å². The van der Waals surface area contributed by atoms with E-state index in [1.165, 1.54) is 0 Å². The van der Waals surface area contributed by atoms with Crippen molar-refractivity contribution in [2.45, 2.75) is 12.5 Å². The summed E-state index contributed by atoms with van der Waals surface area (Å²) in [5, 5.41) is 11.6. The molecule has 2 heterocycles. The predicted octanol–water partition coefficient (Wildman–Crippen LogP) is 0.343. The molecule has 2 rings (SSSR count). The largest absolute Gasteiger partial charge is 0.481 e. The molecule has 0 spiro atoms. The lowest BCUT2D eigenvalue weighted by molar-refractivity contribution is -0.142. The SMILES string of the molecule is O=C1C[C@@H](C(=O)O)[C@H](c2ccccn2)N1. The number of hydrogen-bond acceptors (Lipinski definition) is 3. The van der Waals surface area contributed by atoms with Gasteiger partial charge in [-0.05, 0) is 12.1 Å². The Morgan fingerprint density at radius 3 is 2.93 bits per heavy atom. The first-order chi connectivity index (χ1) is 7.18. The van der Waals surface area contributed by atoms with Gasteiger partial charge in [0, 0.05) is 12.6 Å². The van der Waals surface area contributed by atoms with Crippen LogP contribution >= 0.6 is 0 Å². The van der Waals surface area contributed by atoms with E-state index in [2.05, 4.69) is 10.3 Å². The Hall–Kier alpha value is -1.91. The lowest BCUT2D eigenvalue weighted by atomic mass is 9.98. The Balaban J connectivity index is 2.28. The van der Waals surface area contributed by atoms with Gasteiger partial charge in [0.05, 0.1) is 17.7 Å². The summed E-state index contributed by atoms with van der Waals surface area (Å²) in [6, 6.07) is 4.73. The van der Waals surface area contributed by atoms with Crippen LogP contribution in [0.5, 0.6) is 0 Å². The second-order valence-corrected chi connectivity index (χ2v) is 3.45. The zero-order valence-electron chi connectivity index (χ0n) is 7.88. The first-order valence-electron chi connectivity index (χ1n) is 4.61. The topological polar surface area (TPSA) is 79.3 Å². The van der Waals surface area contributed by atoms with Crippen LogP contribution in [-0.2, 0) is 9.59 Å². The van der Waals surface area contributed by atoms with Gasteiger partial charge in [0.25, 0.3) is 0 Å². The maximum atomic E-state index is 11.1. The summed E-state index contributed by atoms with van der Waals surface area (Å²) in [4.78, 5) is 26.1. The van der Waals surface area contributed by atoms with Gasteiger partial charge in [-0.3, -0.25) is 14.6 Å². The molecule has 1 aliphatic rings. The summed E-state index contributed by atoms with van der Waals surface area (Å²) in [7, 11) is 0. The van der Waals surface area contributed by atoms with Crippen molar-refractivity contribution < 1.29 is 14.7 Å². The lowest BCUT2D eigenvalue weighted by Gasteiger charge is -2.13. The number of carboxylic acids is 1. The second kappa shape index (κ2) is 3.68. The summed E-state index contributed by atoms with van der Waals surface area (Å²) in [6.07, 6.45) is 1.61. The van der Waals surface area contributed by atoms with Gasteiger partial charge in [-0.2, -0.15) is 0 Å². The summed E-state index contributed by atoms with van der Waals surface area (Å²) in [5.41, 5.74) is 0.593. The minimum atomic E-state index is -0.969. The molecule has 1 amide bonds. The number of pyridine rings is 1. The van der Waals surface area contributed by atoms with Crippen molar-refractivity contribution in [1.29, 1.82) is 0 Å². The van der Waals surface area contributed by atoms with Gasteiger partial charge in [-0.25, -0.2) is 0 Å². The smallest absolute Gasteiger partial charge is 0.309 e. The molecule has 78 valence electrons. The average molecular weight is 206 g/mol. The highest BCUT2D eigenvalue weighted by Crippen LogP contribution is 2.28. The van der Waals surface area contributed by atoms with Crippen molar-refractivity contribution in [2.24, 2.45) is 5.92 Å². The number of rotatable bonds is 2. The van der Waals surface area contributed by atoms with Crippen molar-refractivity contribution in [1.82, 2.24) is 10.3 Å². The molecule has 5 nitrogen and oxygen atoms in total. The molecule has 15 heavy (non-hydrogen) atoms. The van der Waals surface area contributed by atoms with E-state index in [1.807, 2.05) is 0 Å². The van der Waals surface area contributed by atoms with Crippen molar-refractivity contribution in [3.05, 3.63) is 30.1 Å². The fourth-order valence-electron chi connectivity index (χ4n) is 1.72. The van der Waals surface area contributed by atoms with E-state index in [0.29, 0.717) is 5.69 Å². The molecular weight excluding hydrogens is 196 g/mol. The van der Waals surface area contributed by atoms with E-state index >= 15 is 0 Å². The molecule has 0 bridgehead atoms. The number of amides is 1. The Bertz CT molecular complexity index is 391. The van der Waals surface area contributed by atoms with Crippen LogP contribution in [0.3, 0.4) is 0 Å². The third-order valence-corrected chi connectivity index (χ3v) is 2.45. The van der Waals surface area contributed by atoms with Crippen LogP contribution in [0, 0.1) is 5.92 Å². The summed E-state index contributed by atoms with van der Waals surface area (Å²) in [5.74, 6) is -1.92. The highest BCUT2D eigenvalue weighted by molar-refractivity contribution is 5.87. The monoisotopic (exact) mass is 206 g/mol. The number of aliphatic carboxylic acids is 1. The molecular formula is C10H10N2O3. The number of hydrogen-bond donors (Lipinski definition) is 2. The van der Waals surface area contributed by atoms with Crippen molar-refractivity contribution in [3.63, 3.8) is 0 Å². The zero-order chi connectivity index (χ0) is 10.8. The van der Waals surface area contributed by atoms with Gasteiger partial charge in [0.1, 0.15) is 0 Å². The fraction of sp³-hybridized carbons (Fsp3) is 0.300. The Labute approximate surface area is 86.1 Å². The van der Waals surface area contributed by atoms with Crippen LogP contribution < -0.4 is 5.32 Å². The molecule has 2 atom stereocenters. The van der Waals surface area contributed by atoms with E-state index in [1.54, 1.807) is 24.4 Å². The number of carboxylic acid groups (broad SMARTS) is 1. The van der Waals surface area contributed by atoms with Gasteiger partial charge < -0.3 is 10.4 Å². The lowest BCUT2D eigenvalue weighted by Crippen LogP contribution is -2.25. The number of carbonyl (C=O) groups is 2. The summed E-state index contributed by atoms with van der Waals surface area (Å²) >= 11 is 0. The van der Waals surface area contributed by atoms with Gasteiger partial charge in [-0.15, -0.1) is 0 Å². The maximum Gasteiger partial charge on any atom is 0.309 e. The van der Waals surface area contributed by atoms with E-state index in [9.17, 15) is 9.59 Å². The summed E-state index contributed by atoms with van der Waals surface area (Å²) < 4.78 is 0. The minimum absolute atomic E-state index is 0.0244. The standard InChI is InChI=1S/C10H10N2O3/c13-8-5-6(10(14)15)9(12-8)7-3-1-2-4-11-7/h1-4,6,9H,5H2,(H,12,13)(H,14,15)/t6-,9-/m1/s1. The zero-order valence-corrected chi connectivity index (χ0v) is 7.88. The van der Waals surface area contributed by atoms with Crippen LogP contribution in [0.25, 0.3) is 0 Å². The van der Waals surface area contributed by atoms with Gasteiger partial charge in [0.15, 0.2) is 0 Å². The number of carbonyl (C=O) groups excluding carboxylic acids is 1. The Morgan fingerprint density at radius 1 is 1.53 bits per heavy atom. The molecule has 0 aromatic carbocycles. The molecule has 1 saturated heterocycles. The van der Waals surface area contributed by atoms with Crippen LogP contribution in [0.15, 0.2) is 24.4 Å². The normalized spacial score (nSPS) is 24.9. The quantitative estimate of drug-likeness (QED) is 0.731. The van der Waals surface area contributed by atoms with Crippen molar-refractivity contribution >= 4 is 11.9 Å². The Kier molecular flexibility index (Phi) is 2.37. The molecule has 1 fully saturated rings. The third kappa shape index (κ3) is 1.81. The molecule has 1 aromatic heterocycles. The molecule has 0 unspecified atom stereocenters. The van der Waals surface area contributed by atoms with Crippen molar-refractivity contribution in [2.75, 3.05) is 0 Å². The van der Waals surface area contributed by atoms with Crippen LogP contribution in [0.4, 0.5) is 0 Å². The molecule has 2 N–H and O–H groups in total. The van der Waals surface area contributed by atoms with Crippen LogP contribution in [0.1, 0.15) is 18.2 Å². The van der Waals surface area contributed by atoms with Crippen LogP contribution in [0.2, 0.25) is 0 Å². The van der Waals surface area contributed by atoms with Gasteiger partial charge in [-0.1, -0.05) is 6.07 Å². The van der Waals surface area contributed by atoms with E-state index in [4.69, 9.17) is 5.11 Å². The van der Waals surface area contributed by atoms with E-state index < -0.39 is 17.9 Å². The minimum Gasteiger partial charge on any atom is -0.481 e. The fourth-order valence-corrected chi connectivity index (χ4v) is 1.72. The number of aromatic nitrogens is 1. The molecule has 0 aliphatic carbocycles. The second-order valence-electron chi connectivity index (χ2n) is 3.45. The highest BCUT2D eigenvalue weighted by atomic mass is 16.4. The van der Waals surface area contributed by atoms with Gasteiger partial charge in [0.2, 0.25) is 5.91 Å². The van der Waals surface area contributed by atoms with Crippen molar-refractivity contribution in [3.8, 4) is 0 Å². The molecule has 1 aliphatic heterocycles. The molecule has 0 radical (unpaired) electrons. The summed E-state index contributed by atoms with van der Waals surface area (Å²) in [6.45, 7) is 0. The number of nitrogens with zero attached hydrogens (tertiary/aromatic N) is 1. The predicted molar refractivity (Wildman–Crippen MR) is 50.9 cm³/mol. The third-order valence-electron chi connectivity index (χ3n) is 2.45. The first-order valence-corrected chi connectivity index (χ1v) is 4.61. The molecule has 1 aromatic rings. The van der Waals surface area contributed by atoms with E-state index in [0.717, 1.165) is 0 Å². The molecule has 0 saturated carbocycles. The maximum absolute atomic E-state index is 11.1. The first kappa shape index (κ1) is 9.64.